The third kappa shape index (κ3) is 11.3. The summed E-state index contributed by atoms with van der Waals surface area (Å²) in [6.45, 7) is 5.39. The van der Waals surface area contributed by atoms with E-state index in [1.807, 2.05) is 0 Å². The molecule has 3 atom stereocenters. The molecule has 3 rings (SSSR count). The Hall–Kier alpha value is -3.63. The average molecular weight is 700 g/mol. The van der Waals surface area contributed by atoms with E-state index in [1.54, 1.807) is 38.1 Å². The number of hydrogen-bond acceptors (Lipinski definition) is 13. The Morgan fingerprint density at radius 3 is 2.33 bits per heavy atom. The lowest BCUT2D eigenvalue weighted by atomic mass is 9.99. The van der Waals surface area contributed by atoms with E-state index in [2.05, 4.69) is 14.3 Å². The summed E-state index contributed by atoms with van der Waals surface area (Å²) in [4.78, 5) is 68.7. The highest BCUT2D eigenvalue weighted by molar-refractivity contribution is 8.65. The first kappa shape index (κ1) is 36.8. The van der Waals surface area contributed by atoms with Gasteiger partial charge in [0.15, 0.2) is 0 Å². The monoisotopic (exact) mass is 699 g/mol. The fraction of sp³-hybridized carbons (Fsp3) is 0.464. The van der Waals surface area contributed by atoms with Crippen molar-refractivity contribution < 1.29 is 48.4 Å². The lowest BCUT2D eigenvalue weighted by Gasteiger charge is -2.34. The second-order valence-electron chi connectivity index (χ2n) is 10.4. The predicted molar refractivity (Wildman–Crippen MR) is 171 cm³/mol. The number of morpholine rings is 1. The minimum Gasteiger partial charge on any atom is -0.426 e. The second-order valence-corrected chi connectivity index (χ2v) is 16.7. The van der Waals surface area contributed by atoms with Crippen molar-refractivity contribution in [3.8, 4) is 11.5 Å². The molecule has 18 heteroatoms. The largest absolute Gasteiger partial charge is 0.426 e. The molecule has 0 N–H and O–H groups in total. The molecule has 1 fully saturated rings. The van der Waals surface area contributed by atoms with Gasteiger partial charge in [0.2, 0.25) is 0 Å². The van der Waals surface area contributed by atoms with Crippen LogP contribution in [0.3, 0.4) is 0 Å². The maximum atomic E-state index is 13.4. The van der Waals surface area contributed by atoms with Gasteiger partial charge < -0.3 is 23.9 Å². The van der Waals surface area contributed by atoms with E-state index in [1.165, 1.54) is 18.2 Å². The number of benzene rings is 2. The molecule has 0 saturated carbocycles. The van der Waals surface area contributed by atoms with Crippen LogP contribution < -0.4 is 14.8 Å². The third-order valence-corrected chi connectivity index (χ3v) is 11.7. The molecule has 1 heterocycles. The number of hydrogen-bond donors (Lipinski definition) is 1. The van der Waals surface area contributed by atoms with Gasteiger partial charge in [0, 0.05) is 31.2 Å². The first-order chi connectivity index (χ1) is 21.8. The van der Waals surface area contributed by atoms with Gasteiger partial charge in [-0.2, -0.15) is 0 Å². The molecule has 250 valence electrons. The minimum absolute atomic E-state index is 0.0197. The van der Waals surface area contributed by atoms with E-state index in [0.29, 0.717) is 31.9 Å². The van der Waals surface area contributed by atoms with Crippen molar-refractivity contribution in [3.63, 3.8) is 0 Å². The Kier molecular flexibility index (Phi) is 13.9. The molecule has 46 heavy (non-hydrogen) atoms. The van der Waals surface area contributed by atoms with Crippen LogP contribution in [-0.2, 0) is 42.2 Å². The molecule has 1 aliphatic rings. The summed E-state index contributed by atoms with van der Waals surface area (Å²) in [5, 5.41) is 17.7. The van der Waals surface area contributed by atoms with Crippen molar-refractivity contribution in [2.45, 2.75) is 45.6 Å². The van der Waals surface area contributed by atoms with Crippen molar-refractivity contribution >= 4 is 52.5 Å². The number of nitrogens with zero attached hydrogens (tertiary/aromatic N) is 3. The Balaban J connectivity index is 1.80. The molecule has 0 bridgehead atoms. The van der Waals surface area contributed by atoms with E-state index < -0.39 is 45.9 Å². The highest BCUT2D eigenvalue weighted by Crippen LogP contribution is 2.53. The summed E-state index contributed by atoms with van der Waals surface area (Å²) in [5.74, 6) is -2.52. The molecule has 15 nitrogen and oxygen atoms in total. The standard InChI is InChI=1S/C28H34N3O12PS2/c1-3-22(43-31(37)38)17-27(33)42-26-9-4-20(15-21(32)14-19(2)18-40-30(35)36)16-25(26)28(34)41-23-5-7-24(8-6-23)44(45,46)29-10-12-39-13-11-29/h4-9,16,19,22H,3,10-15,17-18H2,1-2H3,(H,45,46). The summed E-state index contributed by atoms with van der Waals surface area (Å²) >= 11 is 10.6. The molecule has 2 aromatic rings. The van der Waals surface area contributed by atoms with Gasteiger partial charge in [0.1, 0.15) is 28.9 Å². The molecule has 2 aromatic carbocycles. The topological polar surface area (TPSA) is 187 Å². The van der Waals surface area contributed by atoms with Crippen LogP contribution in [-0.4, -0.2) is 71.6 Å². The Morgan fingerprint density at radius 2 is 1.72 bits per heavy atom. The minimum atomic E-state index is -2.36. The normalized spacial score (nSPS) is 15.9. The maximum absolute atomic E-state index is 13.4. The van der Waals surface area contributed by atoms with Crippen molar-refractivity contribution in [2.24, 2.45) is 5.92 Å². The third-order valence-electron chi connectivity index (χ3n) is 6.77. The highest BCUT2D eigenvalue weighted by atomic mass is 32.9. The molecule has 1 saturated heterocycles. The van der Waals surface area contributed by atoms with Gasteiger partial charge in [-0.3, -0.25) is 14.3 Å². The van der Waals surface area contributed by atoms with Crippen molar-refractivity contribution in [3.05, 3.63) is 73.8 Å². The summed E-state index contributed by atoms with van der Waals surface area (Å²) in [5.41, 5.74) is 0.210. The van der Waals surface area contributed by atoms with Gasteiger partial charge >= 0.3 is 11.9 Å². The molecule has 0 radical (unpaired) electrons. The quantitative estimate of drug-likeness (QED) is 0.0628. The van der Waals surface area contributed by atoms with Crippen LogP contribution in [0.4, 0.5) is 0 Å². The van der Waals surface area contributed by atoms with Crippen molar-refractivity contribution in [1.82, 2.24) is 4.67 Å². The fourth-order valence-corrected chi connectivity index (χ4v) is 7.82. The van der Waals surface area contributed by atoms with E-state index in [0.717, 1.165) is 5.30 Å². The lowest BCUT2D eigenvalue weighted by Crippen LogP contribution is -2.35. The number of carbonyl (C=O) groups excluding carboxylic acids is 3. The van der Waals surface area contributed by atoms with Gasteiger partial charge in [-0.1, -0.05) is 31.7 Å². The molecule has 0 aliphatic carbocycles. The SMILES string of the molecule is CCC(CC(=O)Oc1ccc(CC(=O)CC(C)CO[N+](=O)[O-])cc1C(=O)Oc1ccc(P(=S)(S)N2CCOCC2)cc1)O[N+](=O)[O-]. The lowest BCUT2D eigenvalue weighted by molar-refractivity contribution is -0.768. The van der Waals surface area contributed by atoms with E-state index >= 15 is 0 Å². The van der Waals surface area contributed by atoms with Crippen LogP contribution in [0.5, 0.6) is 11.5 Å². The molecular formula is C28H34N3O12PS2. The van der Waals surface area contributed by atoms with Crippen LogP contribution in [0.1, 0.15) is 49.0 Å². The van der Waals surface area contributed by atoms with E-state index in [9.17, 15) is 34.6 Å². The number of carbonyl (C=O) groups is 3. The van der Waals surface area contributed by atoms with Gasteiger partial charge in [-0.25, -0.2) is 4.79 Å². The number of Topliss-reactive ketones (excluding diaryl/α,β-unsaturated/α-hetero) is 1. The van der Waals surface area contributed by atoms with Crippen LogP contribution in [0.2, 0.25) is 0 Å². The van der Waals surface area contributed by atoms with Crippen LogP contribution in [0.15, 0.2) is 42.5 Å². The van der Waals surface area contributed by atoms with E-state index in [4.69, 9.17) is 38.3 Å². The van der Waals surface area contributed by atoms with Crippen LogP contribution in [0, 0.1) is 26.1 Å². The molecular weight excluding hydrogens is 665 g/mol. The Labute approximate surface area is 274 Å². The average Bonchev–Trinajstić information content (AvgIpc) is 3.00. The van der Waals surface area contributed by atoms with Gasteiger partial charge in [0.25, 0.3) is 10.2 Å². The zero-order valence-corrected chi connectivity index (χ0v) is 27.7. The smallest absolute Gasteiger partial charge is 0.347 e. The summed E-state index contributed by atoms with van der Waals surface area (Å²) in [6.07, 6.45) is -1.52. The second kappa shape index (κ2) is 17.3. The van der Waals surface area contributed by atoms with Crippen LogP contribution in [0.25, 0.3) is 0 Å². The Morgan fingerprint density at radius 1 is 1.04 bits per heavy atom. The van der Waals surface area contributed by atoms with Crippen molar-refractivity contribution in [2.75, 3.05) is 32.9 Å². The van der Waals surface area contributed by atoms with Gasteiger partial charge in [0.05, 0.1) is 31.6 Å². The summed E-state index contributed by atoms with van der Waals surface area (Å²) < 4.78 is 18.5. The zero-order chi connectivity index (χ0) is 33.9. The number of ether oxygens (including phenoxy) is 3. The Bertz CT molecular complexity index is 1470. The van der Waals surface area contributed by atoms with Crippen LogP contribution >= 0.6 is 17.6 Å². The molecule has 0 spiro atoms. The first-order valence-corrected chi connectivity index (χ1v) is 18.1. The first-order valence-electron chi connectivity index (χ1n) is 14.2. The van der Waals surface area contributed by atoms with Gasteiger partial charge in [-0.15, -0.1) is 32.5 Å². The van der Waals surface area contributed by atoms with Crippen molar-refractivity contribution in [1.29, 1.82) is 0 Å². The predicted octanol–water partition coefficient (Wildman–Crippen LogP) is 3.73. The molecule has 0 aromatic heterocycles. The molecule has 3 unspecified atom stereocenters. The summed E-state index contributed by atoms with van der Waals surface area (Å²) in [7, 11) is 0. The maximum Gasteiger partial charge on any atom is 0.347 e. The number of thiol groups is 1. The van der Waals surface area contributed by atoms with Gasteiger partial charge in [-0.05, 0) is 54.3 Å². The molecule has 1 aliphatic heterocycles. The zero-order valence-electron chi connectivity index (χ0n) is 25.1. The highest BCUT2D eigenvalue weighted by Gasteiger charge is 2.27. The number of rotatable bonds is 17. The molecule has 0 amide bonds. The van der Waals surface area contributed by atoms with E-state index in [-0.39, 0.29) is 48.7 Å². The summed E-state index contributed by atoms with van der Waals surface area (Å²) in [6, 6.07) is 10.7. The fourth-order valence-electron chi connectivity index (χ4n) is 4.46. The number of ketones is 1. The number of esters is 2.